The van der Waals surface area contributed by atoms with Crippen molar-refractivity contribution in [2.75, 3.05) is 24.4 Å². The number of ether oxygens (including phenoxy) is 2. The molecule has 1 fully saturated rings. The van der Waals surface area contributed by atoms with E-state index in [-0.39, 0.29) is 11.8 Å². The van der Waals surface area contributed by atoms with Gasteiger partial charge in [0.2, 0.25) is 17.8 Å². The quantitative estimate of drug-likeness (QED) is 0.504. The summed E-state index contributed by atoms with van der Waals surface area (Å²) in [7, 11) is 3.03. The smallest absolute Gasteiger partial charge is 0.248 e. The van der Waals surface area contributed by atoms with Crippen LogP contribution >= 0.6 is 0 Å². The van der Waals surface area contributed by atoms with Crippen molar-refractivity contribution in [3.63, 3.8) is 0 Å². The van der Waals surface area contributed by atoms with Crippen LogP contribution in [0, 0.1) is 11.2 Å². The van der Waals surface area contributed by atoms with Crippen LogP contribution in [-0.2, 0) is 9.59 Å². The molecule has 0 unspecified atom stereocenters. The van der Waals surface area contributed by atoms with E-state index in [2.05, 4.69) is 15.3 Å². The van der Waals surface area contributed by atoms with Gasteiger partial charge in [0.1, 0.15) is 17.1 Å². The van der Waals surface area contributed by atoms with Gasteiger partial charge in [0.25, 0.3) is 0 Å². The highest BCUT2D eigenvalue weighted by atomic mass is 19.1. The maximum atomic E-state index is 13.5. The summed E-state index contributed by atoms with van der Waals surface area (Å²) < 4.78 is 24.3. The number of hydrogen-bond acceptors (Lipinski definition) is 7. The molecule has 4 rings (SSSR count). The van der Waals surface area contributed by atoms with E-state index in [9.17, 15) is 14.0 Å². The fraction of sp³-hybridized carbons (Fsp3) is 0.217. The van der Waals surface area contributed by atoms with Crippen molar-refractivity contribution in [2.45, 2.75) is 12.8 Å². The van der Waals surface area contributed by atoms with Crippen LogP contribution < -0.4 is 25.4 Å². The molecule has 33 heavy (non-hydrogen) atoms. The van der Waals surface area contributed by atoms with E-state index >= 15 is 0 Å². The number of amides is 2. The Morgan fingerprint density at radius 2 is 1.82 bits per heavy atom. The first-order valence-corrected chi connectivity index (χ1v) is 10.1. The summed E-state index contributed by atoms with van der Waals surface area (Å²) in [5.41, 5.74) is 5.11. The summed E-state index contributed by atoms with van der Waals surface area (Å²) in [6.45, 7) is 0. The monoisotopic (exact) mass is 451 g/mol. The van der Waals surface area contributed by atoms with Gasteiger partial charge in [-0.25, -0.2) is 9.37 Å². The lowest BCUT2D eigenvalue weighted by Crippen LogP contribution is -2.41. The largest absolute Gasteiger partial charge is 0.493 e. The molecule has 0 spiro atoms. The molecule has 2 aromatic carbocycles. The molecule has 3 aromatic rings. The summed E-state index contributed by atoms with van der Waals surface area (Å²) in [5.74, 6) is -0.359. The Morgan fingerprint density at radius 3 is 2.42 bits per heavy atom. The summed E-state index contributed by atoms with van der Waals surface area (Å²) in [6, 6.07) is 12.1. The van der Waals surface area contributed by atoms with E-state index in [0.717, 1.165) is 0 Å². The van der Waals surface area contributed by atoms with Crippen molar-refractivity contribution in [3.8, 4) is 11.5 Å². The second-order valence-corrected chi connectivity index (χ2v) is 7.47. The van der Waals surface area contributed by atoms with Gasteiger partial charge in [-0.05, 0) is 49.2 Å². The highest BCUT2D eigenvalue weighted by Gasteiger charge is 2.57. The number of nitrogens with zero attached hydrogens (tertiary/aromatic N) is 3. The molecule has 10 heteroatoms. The van der Waals surface area contributed by atoms with Crippen LogP contribution in [0.2, 0.25) is 0 Å². The van der Waals surface area contributed by atoms with Gasteiger partial charge in [0.15, 0.2) is 11.5 Å². The van der Waals surface area contributed by atoms with Crippen molar-refractivity contribution in [2.24, 2.45) is 11.1 Å². The van der Waals surface area contributed by atoms with Gasteiger partial charge in [0, 0.05) is 12.3 Å². The van der Waals surface area contributed by atoms with E-state index in [0.29, 0.717) is 35.7 Å². The Kier molecular flexibility index (Phi) is 5.82. The third kappa shape index (κ3) is 4.14. The molecule has 3 N–H and O–H groups in total. The lowest BCUT2D eigenvalue weighted by Gasteiger charge is -2.25. The number of primary amides is 1. The number of nitrogens with one attached hydrogen (secondary N) is 1. The number of anilines is 4. The summed E-state index contributed by atoms with van der Waals surface area (Å²) >= 11 is 0. The molecule has 0 atom stereocenters. The zero-order valence-corrected chi connectivity index (χ0v) is 18.0. The number of nitrogens with two attached hydrogens (primary N) is 1. The minimum atomic E-state index is -1.30. The molecule has 9 nitrogen and oxygen atoms in total. The number of hydrogen-bond donors (Lipinski definition) is 2. The molecule has 1 aromatic heterocycles. The molecule has 1 aliphatic carbocycles. The van der Waals surface area contributed by atoms with Crippen LogP contribution in [0.5, 0.6) is 11.5 Å². The maximum Gasteiger partial charge on any atom is 0.248 e. The van der Waals surface area contributed by atoms with E-state index in [1.165, 1.54) is 55.6 Å². The van der Waals surface area contributed by atoms with E-state index in [4.69, 9.17) is 15.2 Å². The molecule has 2 amide bonds. The van der Waals surface area contributed by atoms with E-state index in [1.54, 1.807) is 18.2 Å². The highest BCUT2D eigenvalue weighted by Crippen LogP contribution is 2.49. The Bertz CT molecular complexity index is 1200. The lowest BCUT2D eigenvalue weighted by atomic mass is 10.0. The standard InChI is InChI=1S/C23H22FN5O4/c1-32-17-5-3-4-16(19(17)33-2)27-22-26-13-10-18(28-22)29(15-8-6-14(24)7-9-15)21(31)23(11-12-23)20(25)30/h3-10,13H,11-12H2,1-2H3,(H2,25,30)(H,26,27,28). The Morgan fingerprint density at radius 1 is 1.09 bits per heavy atom. The first kappa shape index (κ1) is 22.0. The molecule has 0 radical (unpaired) electrons. The predicted molar refractivity (Wildman–Crippen MR) is 119 cm³/mol. The molecule has 1 saturated carbocycles. The number of carbonyl (C=O) groups is 2. The van der Waals surface area contributed by atoms with Crippen molar-refractivity contribution >= 4 is 35.0 Å². The van der Waals surface area contributed by atoms with Crippen molar-refractivity contribution in [1.29, 1.82) is 0 Å². The molecule has 0 bridgehead atoms. The third-order valence-corrected chi connectivity index (χ3v) is 5.44. The highest BCUT2D eigenvalue weighted by molar-refractivity contribution is 6.16. The number of benzene rings is 2. The fourth-order valence-corrected chi connectivity index (χ4v) is 3.49. The topological polar surface area (TPSA) is 120 Å². The van der Waals surface area contributed by atoms with Gasteiger partial charge in [-0.1, -0.05) is 6.07 Å². The minimum Gasteiger partial charge on any atom is -0.493 e. The molecule has 1 heterocycles. The second-order valence-electron chi connectivity index (χ2n) is 7.47. The Hall–Kier alpha value is -4.21. The van der Waals surface area contributed by atoms with Crippen LogP contribution in [0.15, 0.2) is 54.7 Å². The van der Waals surface area contributed by atoms with Gasteiger partial charge in [-0.2, -0.15) is 4.98 Å². The zero-order valence-electron chi connectivity index (χ0n) is 18.0. The fourth-order valence-electron chi connectivity index (χ4n) is 3.49. The van der Waals surface area contributed by atoms with Crippen molar-refractivity contribution < 1.29 is 23.5 Å². The molecular weight excluding hydrogens is 429 g/mol. The van der Waals surface area contributed by atoms with Crippen LogP contribution in [0.4, 0.5) is 27.5 Å². The van der Waals surface area contributed by atoms with Gasteiger partial charge in [-0.15, -0.1) is 0 Å². The van der Waals surface area contributed by atoms with E-state index in [1.807, 2.05) is 0 Å². The van der Waals surface area contributed by atoms with Crippen LogP contribution in [0.3, 0.4) is 0 Å². The number of halogens is 1. The number of carbonyl (C=O) groups excluding carboxylic acids is 2. The van der Waals surface area contributed by atoms with Crippen LogP contribution in [-0.4, -0.2) is 36.0 Å². The zero-order chi connectivity index (χ0) is 23.6. The van der Waals surface area contributed by atoms with Crippen LogP contribution in [0.1, 0.15) is 12.8 Å². The van der Waals surface area contributed by atoms with Gasteiger partial charge in [-0.3, -0.25) is 14.5 Å². The SMILES string of the molecule is COc1cccc(Nc2nccc(N(C(=O)C3(C(N)=O)CC3)c3ccc(F)cc3)n2)c1OC. The third-order valence-electron chi connectivity index (χ3n) is 5.44. The number of rotatable bonds is 8. The molecule has 170 valence electrons. The Balaban J connectivity index is 1.74. The lowest BCUT2D eigenvalue weighted by molar-refractivity contribution is -0.133. The Labute approximate surface area is 189 Å². The second kappa shape index (κ2) is 8.73. The normalized spacial score (nSPS) is 13.7. The summed E-state index contributed by atoms with van der Waals surface area (Å²) in [5, 5.41) is 3.05. The minimum absolute atomic E-state index is 0.169. The molecule has 0 saturated heterocycles. The average Bonchev–Trinajstić information content (AvgIpc) is 3.63. The first-order chi connectivity index (χ1) is 15.9. The average molecular weight is 451 g/mol. The molecule has 1 aliphatic rings. The molecule has 0 aliphatic heterocycles. The summed E-state index contributed by atoms with van der Waals surface area (Å²) in [4.78, 5) is 35.4. The number of aromatic nitrogens is 2. The predicted octanol–water partition coefficient (Wildman–Crippen LogP) is 3.31. The maximum absolute atomic E-state index is 13.5. The number of para-hydroxylation sites is 1. The molecular formula is C23H22FN5O4. The van der Waals surface area contributed by atoms with Gasteiger partial charge >= 0.3 is 0 Å². The first-order valence-electron chi connectivity index (χ1n) is 10.1. The van der Waals surface area contributed by atoms with Crippen molar-refractivity contribution in [3.05, 3.63) is 60.5 Å². The van der Waals surface area contributed by atoms with E-state index < -0.39 is 23.0 Å². The van der Waals surface area contributed by atoms with Gasteiger partial charge < -0.3 is 20.5 Å². The van der Waals surface area contributed by atoms with Crippen LogP contribution in [0.25, 0.3) is 0 Å². The van der Waals surface area contributed by atoms with Gasteiger partial charge in [0.05, 0.1) is 25.6 Å². The summed E-state index contributed by atoms with van der Waals surface area (Å²) in [6.07, 6.45) is 2.15. The number of methoxy groups -OCH3 is 2. The van der Waals surface area contributed by atoms with Crippen molar-refractivity contribution in [1.82, 2.24) is 9.97 Å².